The van der Waals surface area contributed by atoms with Crippen molar-refractivity contribution < 1.29 is 4.74 Å². The summed E-state index contributed by atoms with van der Waals surface area (Å²) in [6, 6.07) is 11.1. The molecule has 1 unspecified atom stereocenters. The zero-order valence-electron chi connectivity index (χ0n) is 12.5. The van der Waals surface area contributed by atoms with Crippen molar-refractivity contribution in [3.05, 3.63) is 51.7 Å². The molecule has 108 valence electrons. The maximum Gasteiger partial charge on any atom is 0.118 e. The summed E-state index contributed by atoms with van der Waals surface area (Å²) in [7, 11) is 1.70. The van der Waals surface area contributed by atoms with Crippen LogP contribution in [-0.4, -0.2) is 13.7 Å². The van der Waals surface area contributed by atoms with Gasteiger partial charge in [0.15, 0.2) is 0 Å². The molecular weight excluding hydrogens is 266 g/mol. The first-order valence-corrected chi connectivity index (χ1v) is 8.03. The van der Waals surface area contributed by atoms with E-state index < -0.39 is 0 Å². The van der Waals surface area contributed by atoms with Gasteiger partial charge in [0.2, 0.25) is 0 Å². The van der Waals surface area contributed by atoms with Crippen molar-refractivity contribution in [1.29, 1.82) is 0 Å². The van der Waals surface area contributed by atoms with Crippen molar-refractivity contribution >= 4 is 11.3 Å². The van der Waals surface area contributed by atoms with Gasteiger partial charge in [0.1, 0.15) is 5.75 Å². The SMILES string of the molecule is CCNC(CCc1ccc(OC)cc1)c1ccsc1C. The van der Waals surface area contributed by atoms with E-state index in [-0.39, 0.29) is 0 Å². The van der Waals surface area contributed by atoms with Crippen LogP contribution in [0.2, 0.25) is 0 Å². The molecule has 0 saturated carbocycles. The number of rotatable bonds is 7. The molecule has 1 heterocycles. The number of methoxy groups -OCH3 is 1. The van der Waals surface area contributed by atoms with Gasteiger partial charge in [-0.15, -0.1) is 11.3 Å². The van der Waals surface area contributed by atoms with Crippen molar-refractivity contribution in [1.82, 2.24) is 5.32 Å². The molecule has 0 radical (unpaired) electrons. The van der Waals surface area contributed by atoms with Crippen LogP contribution in [0, 0.1) is 6.92 Å². The number of nitrogens with one attached hydrogen (secondary N) is 1. The highest BCUT2D eigenvalue weighted by Gasteiger charge is 2.13. The Labute approximate surface area is 125 Å². The van der Waals surface area contributed by atoms with E-state index in [1.165, 1.54) is 16.0 Å². The number of ether oxygens (including phenoxy) is 1. The van der Waals surface area contributed by atoms with Gasteiger partial charge in [-0.2, -0.15) is 0 Å². The lowest BCUT2D eigenvalue weighted by molar-refractivity contribution is 0.414. The van der Waals surface area contributed by atoms with Crippen molar-refractivity contribution in [3.63, 3.8) is 0 Å². The second-order valence-electron chi connectivity index (χ2n) is 4.93. The highest BCUT2D eigenvalue weighted by Crippen LogP contribution is 2.26. The lowest BCUT2D eigenvalue weighted by atomic mass is 9.99. The Morgan fingerprint density at radius 1 is 1.20 bits per heavy atom. The zero-order valence-corrected chi connectivity index (χ0v) is 13.3. The van der Waals surface area contributed by atoms with Crippen LogP contribution in [0.5, 0.6) is 5.75 Å². The average Bonchev–Trinajstić information content (AvgIpc) is 2.90. The van der Waals surface area contributed by atoms with Gasteiger partial charge >= 0.3 is 0 Å². The normalized spacial score (nSPS) is 12.3. The van der Waals surface area contributed by atoms with Gasteiger partial charge in [-0.05, 0) is 61.0 Å². The van der Waals surface area contributed by atoms with Crippen LogP contribution in [0.1, 0.15) is 35.4 Å². The molecule has 1 N–H and O–H groups in total. The van der Waals surface area contributed by atoms with Crippen molar-refractivity contribution in [2.75, 3.05) is 13.7 Å². The van der Waals surface area contributed by atoms with Crippen LogP contribution >= 0.6 is 11.3 Å². The van der Waals surface area contributed by atoms with E-state index in [4.69, 9.17) is 4.74 Å². The molecule has 20 heavy (non-hydrogen) atoms. The third kappa shape index (κ3) is 3.84. The third-order valence-corrected chi connectivity index (χ3v) is 4.47. The standard InChI is InChI=1S/C17H23NOS/c1-4-18-17(16-11-12-20-13(16)2)10-7-14-5-8-15(19-3)9-6-14/h5-6,8-9,11-12,17-18H,4,7,10H2,1-3H3. The molecule has 0 spiro atoms. The van der Waals surface area contributed by atoms with Crippen LogP contribution in [-0.2, 0) is 6.42 Å². The van der Waals surface area contributed by atoms with E-state index in [1.54, 1.807) is 7.11 Å². The van der Waals surface area contributed by atoms with Crippen LogP contribution in [0.3, 0.4) is 0 Å². The lowest BCUT2D eigenvalue weighted by Gasteiger charge is -2.18. The Morgan fingerprint density at radius 2 is 1.95 bits per heavy atom. The van der Waals surface area contributed by atoms with Crippen molar-refractivity contribution in [3.8, 4) is 5.75 Å². The highest BCUT2D eigenvalue weighted by molar-refractivity contribution is 7.10. The molecule has 1 aromatic carbocycles. The van der Waals surface area contributed by atoms with E-state index in [9.17, 15) is 0 Å². The molecule has 2 nitrogen and oxygen atoms in total. The van der Waals surface area contributed by atoms with E-state index in [2.05, 4.69) is 42.7 Å². The predicted octanol–water partition coefficient (Wildman–Crippen LogP) is 4.35. The molecule has 0 bridgehead atoms. The van der Waals surface area contributed by atoms with Crippen LogP contribution in [0.25, 0.3) is 0 Å². The van der Waals surface area contributed by atoms with Gasteiger partial charge in [-0.3, -0.25) is 0 Å². The number of aryl methyl sites for hydroxylation is 2. The molecule has 0 saturated heterocycles. The largest absolute Gasteiger partial charge is 0.497 e. The third-order valence-electron chi connectivity index (χ3n) is 3.61. The van der Waals surface area contributed by atoms with E-state index in [0.29, 0.717) is 6.04 Å². The first-order valence-electron chi connectivity index (χ1n) is 7.15. The fourth-order valence-corrected chi connectivity index (χ4v) is 3.24. The Kier molecular flexibility index (Phi) is 5.62. The Bertz CT molecular complexity index is 518. The van der Waals surface area contributed by atoms with E-state index in [1.807, 2.05) is 23.5 Å². The summed E-state index contributed by atoms with van der Waals surface area (Å²) >= 11 is 1.83. The Morgan fingerprint density at radius 3 is 2.50 bits per heavy atom. The predicted molar refractivity (Wildman–Crippen MR) is 86.8 cm³/mol. The molecule has 0 amide bonds. The van der Waals surface area contributed by atoms with Crippen LogP contribution < -0.4 is 10.1 Å². The summed E-state index contributed by atoms with van der Waals surface area (Å²) in [6.07, 6.45) is 2.20. The number of benzene rings is 1. The summed E-state index contributed by atoms with van der Waals surface area (Å²) in [6.45, 7) is 5.38. The first kappa shape index (κ1) is 15.1. The second-order valence-corrected chi connectivity index (χ2v) is 6.05. The lowest BCUT2D eigenvalue weighted by Crippen LogP contribution is -2.21. The zero-order chi connectivity index (χ0) is 14.4. The molecular formula is C17H23NOS. The highest BCUT2D eigenvalue weighted by atomic mass is 32.1. The molecule has 0 aliphatic carbocycles. The van der Waals surface area contributed by atoms with Crippen LogP contribution in [0.15, 0.2) is 35.7 Å². The number of hydrogen-bond acceptors (Lipinski definition) is 3. The van der Waals surface area contributed by atoms with E-state index in [0.717, 1.165) is 25.1 Å². The number of thiophene rings is 1. The fraction of sp³-hybridized carbons (Fsp3) is 0.412. The minimum absolute atomic E-state index is 0.452. The van der Waals surface area contributed by atoms with Gasteiger partial charge < -0.3 is 10.1 Å². The molecule has 1 aromatic heterocycles. The minimum Gasteiger partial charge on any atom is -0.497 e. The average molecular weight is 289 g/mol. The molecule has 0 aliphatic heterocycles. The molecule has 0 fully saturated rings. The van der Waals surface area contributed by atoms with Crippen molar-refractivity contribution in [2.45, 2.75) is 32.7 Å². The molecule has 0 aliphatic rings. The topological polar surface area (TPSA) is 21.3 Å². The molecule has 1 atom stereocenters. The van der Waals surface area contributed by atoms with Crippen LogP contribution in [0.4, 0.5) is 0 Å². The van der Waals surface area contributed by atoms with Gasteiger partial charge in [0, 0.05) is 10.9 Å². The van der Waals surface area contributed by atoms with E-state index >= 15 is 0 Å². The number of hydrogen-bond donors (Lipinski definition) is 1. The summed E-state index contributed by atoms with van der Waals surface area (Å²) in [5, 5.41) is 5.78. The first-order chi connectivity index (χ1) is 9.74. The Hall–Kier alpha value is -1.32. The quantitative estimate of drug-likeness (QED) is 0.818. The summed E-state index contributed by atoms with van der Waals surface area (Å²) < 4.78 is 5.20. The molecule has 2 aromatic rings. The monoisotopic (exact) mass is 289 g/mol. The molecule has 3 heteroatoms. The van der Waals surface area contributed by atoms with Gasteiger partial charge in [0.25, 0.3) is 0 Å². The summed E-state index contributed by atoms with van der Waals surface area (Å²) in [4.78, 5) is 1.42. The summed E-state index contributed by atoms with van der Waals surface area (Å²) in [5.74, 6) is 0.922. The van der Waals surface area contributed by atoms with Gasteiger partial charge in [0.05, 0.1) is 7.11 Å². The van der Waals surface area contributed by atoms with Gasteiger partial charge in [-0.25, -0.2) is 0 Å². The Balaban J connectivity index is 2.00. The maximum atomic E-state index is 5.20. The van der Waals surface area contributed by atoms with Crippen molar-refractivity contribution in [2.24, 2.45) is 0 Å². The molecule has 2 rings (SSSR count). The van der Waals surface area contributed by atoms with Gasteiger partial charge in [-0.1, -0.05) is 19.1 Å². The minimum atomic E-state index is 0.452. The second kappa shape index (κ2) is 7.46. The maximum absolute atomic E-state index is 5.20. The smallest absolute Gasteiger partial charge is 0.118 e. The summed E-state index contributed by atoms with van der Waals surface area (Å²) in [5.41, 5.74) is 2.81. The fourth-order valence-electron chi connectivity index (χ4n) is 2.47.